The fourth-order valence-electron chi connectivity index (χ4n) is 1.81. The number of hydrogen-bond acceptors (Lipinski definition) is 3. The quantitative estimate of drug-likeness (QED) is 0.909. The first-order valence-electron chi connectivity index (χ1n) is 5.97. The van der Waals surface area contributed by atoms with Crippen LogP contribution in [0.4, 0.5) is 0 Å². The van der Waals surface area contributed by atoms with Crippen LogP contribution in [0.1, 0.15) is 12.5 Å². The predicted octanol–water partition coefficient (Wildman–Crippen LogP) is 2.20. The predicted molar refractivity (Wildman–Crippen MR) is 75.3 cm³/mol. The molecule has 0 aliphatic heterocycles. The summed E-state index contributed by atoms with van der Waals surface area (Å²) in [6.45, 7) is 1.57. The maximum Gasteiger partial charge on any atom is 0.307 e. The molecule has 2 unspecified atom stereocenters. The highest BCUT2D eigenvalue weighted by molar-refractivity contribution is 7.84. The van der Waals surface area contributed by atoms with Crippen molar-refractivity contribution in [1.82, 2.24) is 4.98 Å². The number of pyridine rings is 1. The van der Waals surface area contributed by atoms with Gasteiger partial charge in [-0.3, -0.25) is 14.0 Å². The van der Waals surface area contributed by atoms with Gasteiger partial charge in [-0.2, -0.15) is 0 Å². The van der Waals surface area contributed by atoms with Crippen molar-refractivity contribution in [2.75, 3.05) is 5.75 Å². The van der Waals surface area contributed by atoms with E-state index in [1.54, 1.807) is 13.1 Å². The molecule has 19 heavy (non-hydrogen) atoms. The minimum Gasteiger partial charge on any atom is -0.481 e. The molecule has 4 nitrogen and oxygen atoms in total. The number of benzene rings is 1. The highest BCUT2D eigenvalue weighted by Crippen LogP contribution is 2.15. The first-order valence-corrected chi connectivity index (χ1v) is 7.46. The highest BCUT2D eigenvalue weighted by atomic mass is 32.2. The highest BCUT2D eigenvalue weighted by Gasteiger charge is 2.15. The van der Waals surface area contributed by atoms with E-state index in [2.05, 4.69) is 4.98 Å². The minimum atomic E-state index is -1.17. The zero-order valence-electron chi connectivity index (χ0n) is 10.6. The maximum absolute atomic E-state index is 11.9. The number of aliphatic carboxylic acids is 1. The standard InChI is InChI=1S/C14H15NO3S/c1-10(14(16)17)8-19(18)9-11-4-5-13-12(7-11)3-2-6-15-13/h2-7,10H,8-9H2,1H3,(H,16,17). The molecule has 0 aliphatic rings. The van der Waals surface area contributed by atoms with E-state index >= 15 is 0 Å². The summed E-state index contributed by atoms with van der Waals surface area (Å²) >= 11 is 0. The fourth-order valence-corrected chi connectivity index (χ4v) is 3.18. The lowest BCUT2D eigenvalue weighted by Gasteiger charge is -2.07. The number of fused-ring (bicyclic) bond motifs is 1. The van der Waals surface area contributed by atoms with Crippen molar-refractivity contribution in [2.45, 2.75) is 12.7 Å². The zero-order chi connectivity index (χ0) is 13.8. The van der Waals surface area contributed by atoms with Gasteiger partial charge < -0.3 is 5.11 Å². The Morgan fingerprint density at radius 1 is 1.42 bits per heavy atom. The molecule has 2 rings (SSSR count). The lowest BCUT2D eigenvalue weighted by Crippen LogP contribution is -2.18. The second-order valence-electron chi connectivity index (χ2n) is 4.52. The molecular weight excluding hydrogens is 262 g/mol. The van der Waals surface area contributed by atoms with Gasteiger partial charge in [0, 0.05) is 33.9 Å². The van der Waals surface area contributed by atoms with Crippen molar-refractivity contribution in [1.29, 1.82) is 0 Å². The molecule has 5 heteroatoms. The van der Waals surface area contributed by atoms with Crippen molar-refractivity contribution >= 4 is 27.7 Å². The van der Waals surface area contributed by atoms with Crippen molar-refractivity contribution < 1.29 is 14.1 Å². The summed E-state index contributed by atoms with van der Waals surface area (Å²) in [7, 11) is -1.17. The molecule has 0 saturated heterocycles. The van der Waals surface area contributed by atoms with E-state index in [4.69, 9.17) is 5.11 Å². The first kappa shape index (κ1) is 13.7. The summed E-state index contributed by atoms with van der Waals surface area (Å²) < 4.78 is 11.9. The SMILES string of the molecule is CC(CS(=O)Cc1ccc2ncccc2c1)C(=O)O. The van der Waals surface area contributed by atoms with Gasteiger partial charge in [-0.15, -0.1) is 0 Å². The third-order valence-corrected chi connectivity index (χ3v) is 4.38. The van der Waals surface area contributed by atoms with Gasteiger partial charge in [-0.1, -0.05) is 19.1 Å². The molecule has 0 aliphatic carbocycles. The van der Waals surface area contributed by atoms with Crippen molar-refractivity contribution in [3.05, 3.63) is 42.1 Å². The second kappa shape index (κ2) is 5.93. The average molecular weight is 277 g/mol. The monoisotopic (exact) mass is 277 g/mol. The number of rotatable bonds is 5. The molecule has 1 N–H and O–H groups in total. The normalized spacial score (nSPS) is 14.2. The van der Waals surface area contributed by atoms with Crippen LogP contribution in [0.15, 0.2) is 36.5 Å². The molecule has 0 spiro atoms. The average Bonchev–Trinajstić information content (AvgIpc) is 2.38. The van der Waals surface area contributed by atoms with E-state index in [-0.39, 0.29) is 5.75 Å². The van der Waals surface area contributed by atoms with E-state index in [9.17, 15) is 9.00 Å². The summed E-state index contributed by atoms with van der Waals surface area (Å²) in [5, 5.41) is 9.80. The zero-order valence-corrected chi connectivity index (χ0v) is 11.4. The Bertz CT molecular complexity index is 627. The van der Waals surface area contributed by atoms with Gasteiger partial charge in [0.15, 0.2) is 0 Å². The number of hydrogen-bond donors (Lipinski definition) is 1. The Balaban J connectivity index is 2.09. The van der Waals surface area contributed by atoms with Gasteiger partial charge in [0.2, 0.25) is 0 Å². The van der Waals surface area contributed by atoms with Crippen molar-refractivity contribution in [3.63, 3.8) is 0 Å². The molecule has 0 bridgehead atoms. The van der Waals surface area contributed by atoms with Crippen LogP contribution in [0, 0.1) is 5.92 Å². The van der Waals surface area contributed by atoms with Gasteiger partial charge in [0.25, 0.3) is 0 Å². The Labute approximate surface area is 113 Å². The lowest BCUT2D eigenvalue weighted by molar-refractivity contribution is -0.140. The third-order valence-electron chi connectivity index (χ3n) is 2.85. The Hall–Kier alpha value is -1.75. The van der Waals surface area contributed by atoms with Crippen LogP contribution in [-0.2, 0) is 21.3 Å². The second-order valence-corrected chi connectivity index (χ2v) is 6.02. The number of carbonyl (C=O) groups is 1. The molecule has 1 aromatic carbocycles. The largest absolute Gasteiger partial charge is 0.481 e. The van der Waals surface area contributed by atoms with Crippen LogP contribution < -0.4 is 0 Å². The van der Waals surface area contributed by atoms with Gasteiger partial charge in [0.05, 0.1) is 11.4 Å². The number of aromatic nitrogens is 1. The lowest BCUT2D eigenvalue weighted by atomic mass is 10.1. The van der Waals surface area contributed by atoms with Crippen molar-refractivity contribution in [2.24, 2.45) is 5.92 Å². The molecule has 0 saturated carbocycles. The van der Waals surface area contributed by atoms with Crippen LogP contribution in [0.2, 0.25) is 0 Å². The van der Waals surface area contributed by atoms with Crippen LogP contribution in [-0.4, -0.2) is 26.0 Å². The van der Waals surface area contributed by atoms with Gasteiger partial charge >= 0.3 is 5.97 Å². The fraction of sp³-hybridized carbons (Fsp3) is 0.286. The van der Waals surface area contributed by atoms with Crippen molar-refractivity contribution in [3.8, 4) is 0 Å². The summed E-state index contributed by atoms with van der Waals surface area (Å²) in [4.78, 5) is 14.9. The maximum atomic E-state index is 11.9. The molecule has 1 aromatic heterocycles. The van der Waals surface area contributed by atoms with E-state index in [1.165, 1.54) is 0 Å². The van der Waals surface area contributed by atoms with Crippen LogP contribution in [0.5, 0.6) is 0 Å². The minimum absolute atomic E-state index is 0.181. The molecular formula is C14H15NO3S. The van der Waals surface area contributed by atoms with E-state index in [1.807, 2.05) is 30.3 Å². The van der Waals surface area contributed by atoms with Gasteiger partial charge in [-0.25, -0.2) is 0 Å². The first-order chi connectivity index (χ1) is 9.06. The van der Waals surface area contributed by atoms with E-state index in [0.29, 0.717) is 5.75 Å². The third kappa shape index (κ3) is 3.61. The Morgan fingerprint density at radius 2 is 2.21 bits per heavy atom. The smallest absolute Gasteiger partial charge is 0.307 e. The molecule has 1 heterocycles. The molecule has 0 radical (unpaired) electrons. The number of nitrogens with zero attached hydrogens (tertiary/aromatic N) is 1. The summed E-state index contributed by atoms with van der Waals surface area (Å²) in [5.41, 5.74) is 1.84. The number of carboxylic acid groups (broad SMARTS) is 1. The van der Waals surface area contributed by atoms with Gasteiger partial charge in [0.1, 0.15) is 0 Å². The van der Waals surface area contributed by atoms with Crippen LogP contribution >= 0.6 is 0 Å². The summed E-state index contributed by atoms with van der Waals surface area (Å²) in [5.74, 6) is -0.929. The molecule has 2 aromatic rings. The topological polar surface area (TPSA) is 67.3 Å². The Kier molecular flexibility index (Phi) is 4.27. The molecule has 2 atom stereocenters. The molecule has 100 valence electrons. The number of carboxylic acids is 1. The van der Waals surface area contributed by atoms with E-state index < -0.39 is 22.7 Å². The molecule has 0 fully saturated rings. The van der Waals surface area contributed by atoms with Crippen LogP contribution in [0.25, 0.3) is 10.9 Å². The van der Waals surface area contributed by atoms with E-state index in [0.717, 1.165) is 16.5 Å². The summed E-state index contributed by atoms with van der Waals surface area (Å²) in [6.07, 6.45) is 1.73. The molecule has 0 amide bonds. The Morgan fingerprint density at radius 3 is 2.95 bits per heavy atom. The van der Waals surface area contributed by atoms with Gasteiger partial charge in [-0.05, 0) is 23.8 Å². The summed E-state index contributed by atoms with van der Waals surface area (Å²) in [6, 6.07) is 9.54. The van der Waals surface area contributed by atoms with Crippen LogP contribution in [0.3, 0.4) is 0 Å².